The third-order valence-electron chi connectivity index (χ3n) is 4.20. The van der Waals surface area contributed by atoms with E-state index in [0.29, 0.717) is 11.3 Å². The lowest BCUT2D eigenvalue weighted by molar-refractivity contribution is 0.102. The van der Waals surface area contributed by atoms with E-state index in [1.165, 1.54) is 0 Å². The van der Waals surface area contributed by atoms with Gasteiger partial charge in [0, 0.05) is 11.3 Å². The summed E-state index contributed by atoms with van der Waals surface area (Å²) in [5, 5.41) is 2.92. The van der Waals surface area contributed by atoms with Crippen molar-refractivity contribution in [1.29, 1.82) is 0 Å². The highest BCUT2D eigenvalue weighted by Gasteiger charge is 2.10. The molecule has 0 fully saturated rings. The highest BCUT2D eigenvalue weighted by molar-refractivity contribution is 6.06. The number of fused-ring (bicyclic) bond motifs is 2. The molecule has 124 valence electrons. The van der Waals surface area contributed by atoms with Crippen molar-refractivity contribution in [1.82, 2.24) is 19.9 Å². The monoisotopic (exact) mass is 331 g/mol. The summed E-state index contributed by atoms with van der Waals surface area (Å²) in [4.78, 5) is 29.1. The summed E-state index contributed by atoms with van der Waals surface area (Å²) in [6.07, 6.45) is 0. The topological polar surface area (TPSA) is 83.6 Å². The zero-order valence-corrected chi connectivity index (χ0v) is 14.2. The van der Waals surface area contributed by atoms with Crippen molar-refractivity contribution in [2.24, 2.45) is 0 Å². The number of benzene rings is 2. The number of anilines is 1. The molecule has 0 atom stereocenters. The van der Waals surface area contributed by atoms with Gasteiger partial charge in [-0.3, -0.25) is 4.79 Å². The van der Waals surface area contributed by atoms with Crippen LogP contribution in [-0.4, -0.2) is 25.8 Å². The lowest BCUT2D eigenvalue weighted by Gasteiger charge is -2.07. The van der Waals surface area contributed by atoms with E-state index in [9.17, 15) is 4.79 Å². The van der Waals surface area contributed by atoms with Crippen molar-refractivity contribution in [3.05, 3.63) is 59.2 Å². The Balaban J connectivity index is 1.65. The van der Waals surface area contributed by atoms with E-state index in [4.69, 9.17) is 0 Å². The van der Waals surface area contributed by atoms with Gasteiger partial charge in [-0.05, 0) is 57.2 Å². The molecule has 2 aromatic carbocycles. The number of H-pyrrole nitrogens is 1. The predicted octanol–water partition coefficient (Wildman–Crippen LogP) is 3.68. The Morgan fingerprint density at radius 2 is 1.60 bits per heavy atom. The van der Waals surface area contributed by atoms with Crippen LogP contribution in [-0.2, 0) is 0 Å². The fraction of sp³-hybridized carbons (Fsp3) is 0.158. The molecule has 0 spiro atoms. The smallest absolute Gasteiger partial charge is 0.255 e. The molecular weight excluding hydrogens is 314 g/mol. The van der Waals surface area contributed by atoms with Crippen LogP contribution in [0.15, 0.2) is 36.4 Å². The molecule has 1 amide bonds. The van der Waals surface area contributed by atoms with Crippen LogP contribution < -0.4 is 5.32 Å². The van der Waals surface area contributed by atoms with Crippen molar-refractivity contribution in [2.45, 2.75) is 20.8 Å². The fourth-order valence-electron chi connectivity index (χ4n) is 2.79. The second kappa shape index (κ2) is 5.66. The third kappa shape index (κ3) is 2.82. The number of aromatic amines is 1. The molecular formula is C19H17N5O. The highest BCUT2D eigenvalue weighted by Crippen LogP contribution is 2.19. The van der Waals surface area contributed by atoms with Crippen molar-refractivity contribution < 1.29 is 4.79 Å². The standard InChI is InChI=1S/C19H17N5O/c1-10-11(2)21-17-8-13(4-6-15(17)20-10)19(25)24-14-5-7-16-18(9-14)23-12(3)22-16/h4-9H,1-3H3,(H,22,23)(H,24,25). The molecule has 0 saturated heterocycles. The van der Waals surface area contributed by atoms with E-state index in [-0.39, 0.29) is 5.91 Å². The maximum absolute atomic E-state index is 12.6. The van der Waals surface area contributed by atoms with Crippen LogP contribution in [0.25, 0.3) is 22.1 Å². The van der Waals surface area contributed by atoms with Crippen molar-refractivity contribution >= 4 is 33.7 Å². The number of hydrogen-bond acceptors (Lipinski definition) is 4. The molecule has 2 N–H and O–H groups in total. The molecule has 4 rings (SSSR count). The molecule has 0 aliphatic heterocycles. The van der Waals surface area contributed by atoms with Crippen LogP contribution in [0.1, 0.15) is 27.6 Å². The highest BCUT2D eigenvalue weighted by atomic mass is 16.1. The molecule has 2 aromatic heterocycles. The van der Waals surface area contributed by atoms with Crippen LogP contribution in [0.3, 0.4) is 0 Å². The Morgan fingerprint density at radius 3 is 2.40 bits per heavy atom. The van der Waals surface area contributed by atoms with Crippen LogP contribution in [0.2, 0.25) is 0 Å². The van der Waals surface area contributed by atoms with Crippen molar-refractivity contribution in [3.8, 4) is 0 Å². The maximum atomic E-state index is 12.6. The Labute approximate surface area is 144 Å². The number of aromatic nitrogens is 4. The molecule has 0 saturated carbocycles. The zero-order chi connectivity index (χ0) is 17.6. The first-order valence-electron chi connectivity index (χ1n) is 8.02. The quantitative estimate of drug-likeness (QED) is 0.587. The number of nitrogens with zero attached hydrogens (tertiary/aromatic N) is 3. The largest absolute Gasteiger partial charge is 0.342 e. The number of nitrogens with one attached hydrogen (secondary N) is 2. The molecule has 6 heteroatoms. The fourth-order valence-corrected chi connectivity index (χ4v) is 2.79. The maximum Gasteiger partial charge on any atom is 0.255 e. The second-order valence-corrected chi connectivity index (χ2v) is 6.11. The van der Waals surface area contributed by atoms with Gasteiger partial charge in [0.15, 0.2) is 0 Å². The summed E-state index contributed by atoms with van der Waals surface area (Å²) < 4.78 is 0. The first-order chi connectivity index (χ1) is 12.0. The first-order valence-corrected chi connectivity index (χ1v) is 8.02. The van der Waals surface area contributed by atoms with Gasteiger partial charge in [0.2, 0.25) is 0 Å². The molecule has 25 heavy (non-hydrogen) atoms. The molecule has 0 unspecified atom stereocenters. The minimum atomic E-state index is -0.183. The summed E-state index contributed by atoms with van der Waals surface area (Å²) in [6, 6.07) is 11.0. The van der Waals surface area contributed by atoms with E-state index in [1.54, 1.807) is 12.1 Å². The first kappa shape index (κ1) is 15.3. The minimum absolute atomic E-state index is 0.183. The molecule has 4 aromatic rings. The van der Waals surface area contributed by atoms with Crippen LogP contribution in [0.4, 0.5) is 5.69 Å². The zero-order valence-electron chi connectivity index (χ0n) is 14.2. The van der Waals surface area contributed by atoms with Gasteiger partial charge in [-0.1, -0.05) is 0 Å². The number of carbonyl (C=O) groups excluding carboxylic acids is 1. The van der Waals surface area contributed by atoms with E-state index < -0.39 is 0 Å². The Bertz CT molecular complexity index is 1130. The number of rotatable bonds is 2. The average molecular weight is 331 g/mol. The van der Waals surface area contributed by atoms with Crippen molar-refractivity contribution in [2.75, 3.05) is 5.32 Å². The van der Waals surface area contributed by atoms with Gasteiger partial charge in [0.1, 0.15) is 5.82 Å². The van der Waals surface area contributed by atoms with Gasteiger partial charge < -0.3 is 10.3 Å². The lowest BCUT2D eigenvalue weighted by atomic mass is 10.1. The number of hydrogen-bond donors (Lipinski definition) is 2. The molecule has 0 aliphatic carbocycles. The summed E-state index contributed by atoms with van der Waals surface area (Å²) >= 11 is 0. The van der Waals surface area contributed by atoms with Crippen LogP contribution in [0, 0.1) is 20.8 Å². The van der Waals surface area contributed by atoms with Gasteiger partial charge in [0.05, 0.1) is 33.5 Å². The van der Waals surface area contributed by atoms with E-state index in [0.717, 1.165) is 39.3 Å². The van der Waals surface area contributed by atoms with Gasteiger partial charge in [0.25, 0.3) is 5.91 Å². The molecule has 0 bridgehead atoms. The molecule has 2 heterocycles. The van der Waals surface area contributed by atoms with Gasteiger partial charge >= 0.3 is 0 Å². The molecule has 6 nitrogen and oxygen atoms in total. The summed E-state index contributed by atoms with van der Waals surface area (Å²) in [6.45, 7) is 5.74. The summed E-state index contributed by atoms with van der Waals surface area (Å²) in [5.74, 6) is 0.662. The van der Waals surface area contributed by atoms with E-state index >= 15 is 0 Å². The SMILES string of the molecule is Cc1nc2ccc(NC(=O)c3ccc4nc(C)c(C)nc4c3)cc2[nH]1. The Hall–Kier alpha value is -3.28. The predicted molar refractivity (Wildman–Crippen MR) is 97.8 cm³/mol. The summed E-state index contributed by atoms with van der Waals surface area (Å²) in [5.41, 5.74) is 6.30. The Morgan fingerprint density at radius 1 is 0.880 bits per heavy atom. The second-order valence-electron chi connectivity index (χ2n) is 6.11. The Kier molecular flexibility index (Phi) is 3.46. The van der Waals surface area contributed by atoms with Gasteiger partial charge in [-0.25, -0.2) is 15.0 Å². The summed E-state index contributed by atoms with van der Waals surface area (Å²) in [7, 11) is 0. The third-order valence-corrected chi connectivity index (χ3v) is 4.20. The van der Waals surface area contributed by atoms with Gasteiger partial charge in [-0.2, -0.15) is 0 Å². The number of amides is 1. The van der Waals surface area contributed by atoms with E-state index in [2.05, 4.69) is 25.3 Å². The van der Waals surface area contributed by atoms with Crippen LogP contribution >= 0.6 is 0 Å². The number of imidazole rings is 1. The van der Waals surface area contributed by atoms with Gasteiger partial charge in [-0.15, -0.1) is 0 Å². The normalized spacial score (nSPS) is 11.2. The lowest BCUT2D eigenvalue weighted by Crippen LogP contribution is -2.12. The molecule has 0 aliphatic rings. The molecule has 0 radical (unpaired) electrons. The number of aryl methyl sites for hydroxylation is 3. The van der Waals surface area contributed by atoms with Crippen LogP contribution in [0.5, 0.6) is 0 Å². The minimum Gasteiger partial charge on any atom is -0.342 e. The average Bonchev–Trinajstić information content (AvgIpc) is 2.94. The number of carbonyl (C=O) groups is 1. The van der Waals surface area contributed by atoms with Crippen molar-refractivity contribution in [3.63, 3.8) is 0 Å². The van der Waals surface area contributed by atoms with E-state index in [1.807, 2.05) is 45.0 Å².